The topological polar surface area (TPSA) is 93.2 Å². The molecule has 0 spiro atoms. The van der Waals surface area contributed by atoms with Crippen molar-refractivity contribution in [3.63, 3.8) is 0 Å². The second-order valence-corrected chi connectivity index (χ2v) is 20.0. The smallest absolute Gasteiger partial charge is 0.266 e. The summed E-state index contributed by atoms with van der Waals surface area (Å²) in [6, 6.07) is 81.0. The van der Waals surface area contributed by atoms with Gasteiger partial charge in [0.15, 0.2) is 0 Å². The molecule has 0 bridgehead atoms. The number of amides is 4. The van der Waals surface area contributed by atoms with Gasteiger partial charge in [-0.05, 0) is 81.6 Å². The van der Waals surface area contributed by atoms with Crippen molar-refractivity contribution in [2.75, 3.05) is 9.80 Å². The molecule has 0 radical (unpaired) electrons. The van der Waals surface area contributed by atoms with Crippen LogP contribution in [0.15, 0.2) is 255 Å². The molecule has 4 amide bonds. The van der Waals surface area contributed by atoms with Crippen LogP contribution in [0.1, 0.15) is 41.4 Å². The lowest BCUT2D eigenvalue weighted by molar-refractivity contribution is 0.0877. The molecular formula is C72H42N2O6. The average Bonchev–Trinajstić information content (AvgIpc) is 3.65. The van der Waals surface area contributed by atoms with Gasteiger partial charge in [0, 0.05) is 65.7 Å². The Labute approximate surface area is 458 Å². The molecule has 80 heavy (non-hydrogen) atoms. The van der Waals surface area contributed by atoms with Gasteiger partial charge in [0.25, 0.3) is 23.6 Å². The monoisotopic (exact) mass is 1030 g/mol. The fraction of sp³-hybridized carbons (Fsp3) is 0. The molecule has 0 fully saturated rings. The van der Waals surface area contributed by atoms with Gasteiger partial charge < -0.3 is 9.47 Å². The van der Waals surface area contributed by atoms with E-state index in [1.165, 1.54) is 9.80 Å². The Morgan fingerprint density at radius 2 is 0.525 bits per heavy atom. The molecule has 2 aliphatic rings. The van der Waals surface area contributed by atoms with E-state index in [4.69, 9.17) is 9.47 Å². The van der Waals surface area contributed by atoms with Crippen molar-refractivity contribution in [1.29, 1.82) is 0 Å². The summed E-state index contributed by atoms with van der Waals surface area (Å²) in [6.07, 6.45) is 0. The molecule has 2 heterocycles. The van der Waals surface area contributed by atoms with Crippen LogP contribution >= 0.6 is 0 Å². The van der Waals surface area contributed by atoms with Crippen molar-refractivity contribution in [2.45, 2.75) is 0 Å². The predicted octanol–water partition coefficient (Wildman–Crippen LogP) is 17.6. The lowest BCUT2D eigenvalue weighted by Gasteiger charge is -2.31. The van der Waals surface area contributed by atoms with Gasteiger partial charge in [0.2, 0.25) is 0 Å². The largest absolute Gasteiger partial charge is 0.455 e. The number of imide groups is 2. The summed E-state index contributed by atoms with van der Waals surface area (Å²) < 4.78 is 15.2. The van der Waals surface area contributed by atoms with Gasteiger partial charge >= 0.3 is 0 Å². The first-order valence-electron chi connectivity index (χ1n) is 26.4. The highest BCUT2D eigenvalue weighted by atomic mass is 16.5. The van der Waals surface area contributed by atoms with Crippen LogP contribution in [0.2, 0.25) is 0 Å². The molecule has 13 aromatic carbocycles. The third kappa shape index (κ3) is 7.09. The number of hydrogen-bond donors (Lipinski definition) is 0. The van der Waals surface area contributed by atoms with E-state index in [9.17, 15) is 0 Å². The zero-order valence-electron chi connectivity index (χ0n) is 42.6. The first kappa shape index (κ1) is 46.4. The van der Waals surface area contributed by atoms with Gasteiger partial charge in [-0.1, -0.05) is 206 Å². The SMILES string of the molecule is O=C1c2ccc3c4c(Oc5c(-c6ccccc6)cccc5-c5ccccc5)cc5c6c(ccc(c7c(Oc8c(-c9ccccc9)cccc8-c8ccccc8)cc(c2c37)C(=O)N1c1ccccc1)c64)C(=O)N(c1ccccc1)C5=O. The van der Waals surface area contributed by atoms with E-state index in [0.29, 0.717) is 88.6 Å². The highest BCUT2D eigenvalue weighted by Crippen LogP contribution is 2.55. The lowest BCUT2D eigenvalue weighted by atomic mass is 9.81. The van der Waals surface area contributed by atoms with Crippen LogP contribution in [-0.4, -0.2) is 23.6 Å². The number of carbonyl (C=O) groups is 4. The molecule has 0 N–H and O–H groups in total. The van der Waals surface area contributed by atoms with Crippen LogP contribution in [0.3, 0.4) is 0 Å². The second-order valence-electron chi connectivity index (χ2n) is 20.0. The molecule has 0 unspecified atom stereocenters. The Hall–Kier alpha value is -11.0. The Morgan fingerprint density at radius 1 is 0.237 bits per heavy atom. The van der Waals surface area contributed by atoms with Crippen LogP contribution in [0, 0.1) is 0 Å². The highest BCUT2D eigenvalue weighted by Gasteiger charge is 2.40. The Morgan fingerprint density at radius 3 is 0.838 bits per heavy atom. The van der Waals surface area contributed by atoms with Gasteiger partial charge in [0.05, 0.1) is 22.5 Å². The molecule has 13 aromatic rings. The zero-order valence-corrected chi connectivity index (χ0v) is 42.6. The van der Waals surface area contributed by atoms with E-state index < -0.39 is 23.6 Å². The second kappa shape index (κ2) is 18.4. The Balaban J connectivity index is 1.10. The molecule has 15 rings (SSSR count). The summed E-state index contributed by atoms with van der Waals surface area (Å²) in [5, 5.41) is 4.48. The Kier molecular flexibility index (Phi) is 10.6. The van der Waals surface area contributed by atoms with Gasteiger partial charge in [-0.2, -0.15) is 0 Å². The Bertz CT molecular complexity index is 4290. The molecule has 0 saturated heterocycles. The predicted molar refractivity (Wildman–Crippen MR) is 318 cm³/mol. The molecule has 0 saturated carbocycles. The maximum atomic E-state index is 15.5. The number of benzene rings is 13. The summed E-state index contributed by atoms with van der Waals surface area (Å²) in [5.74, 6) is -0.252. The molecule has 0 aliphatic carbocycles. The van der Waals surface area contributed by atoms with Crippen LogP contribution in [0.4, 0.5) is 11.4 Å². The highest BCUT2D eigenvalue weighted by molar-refractivity contribution is 6.46. The van der Waals surface area contributed by atoms with Gasteiger partial charge in [-0.3, -0.25) is 19.2 Å². The van der Waals surface area contributed by atoms with Gasteiger partial charge in [-0.15, -0.1) is 0 Å². The van der Waals surface area contributed by atoms with Crippen molar-refractivity contribution in [3.05, 3.63) is 277 Å². The van der Waals surface area contributed by atoms with E-state index in [-0.39, 0.29) is 11.1 Å². The van der Waals surface area contributed by atoms with Crippen LogP contribution in [0.5, 0.6) is 23.0 Å². The minimum atomic E-state index is -0.518. The normalized spacial score (nSPS) is 13.1. The summed E-state index contributed by atoms with van der Waals surface area (Å²) in [5.41, 5.74) is 8.89. The molecule has 8 heteroatoms. The zero-order chi connectivity index (χ0) is 53.6. The van der Waals surface area contributed by atoms with Gasteiger partial charge in [0.1, 0.15) is 23.0 Å². The molecule has 8 nitrogen and oxygen atoms in total. The number of rotatable bonds is 10. The van der Waals surface area contributed by atoms with Crippen LogP contribution in [0.25, 0.3) is 87.6 Å². The summed E-state index contributed by atoms with van der Waals surface area (Å²) in [6.45, 7) is 0. The first-order valence-corrected chi connectivity index (χ1v) is 26.4. The van der Waals surface area contributed by atoms with Crippen LogP contribution < -0.4 is 19.3 Å². The lowest BCUT2D eigenvalue weighted by Crippen LogP contribution is -2.40. The third-order valence-electron chi connectivity index (χ3n) is 15.6. The van der Waals surface area contributed by atoms with E-state index in [0.717, 1.165) is 44.5 Å². The number of hydrogen-bond acceptors (Lipinski definition) is 6. The van der Waals surface area contributed by atoms with Gasteiger partial charge in [-0.25, -0.2) is 9.80 Å². The van der Waals surface area contributed by atoms with E-state index in [1.54, 1.807) is 72.8 Å². The maximum Gasteiger partial charge on any atom is 0.266 e. The molecule has 0 atom stereocenters. The maximum absolute atomic E-state index is 15.5. The van der Waals surface area contributed by atoms with Crippen molar-refractivity contribution in [1.82, 2.24) is 0 Å². The molecule has 0 aromatic heterocycles. The van der Waals surface area contributed by atoms with E-state index in [2.05, 4.69) is 0 Å². The summed E-state index contributed by atoms with van der Waals surface area (Å²) >= 11 is 0. The number of ether oxygens (including phenoxy) is 2. The molecule has 2 aliphatic heterocycles. The fourth-order valence-corrected chi connectivity index (χ4v) is 12.1. The number of nitrogens with zero attached hydrogens (tertiary/aromatic N) is 2. The fourth-order valence-electron chi connectivity index (χ4n) is 12.1. The molecular weight excluding hydrogens is 989 g/mol. The average molecular weight is 1030 g/mol. The number of carbonyl (C=O) groups excluding carboxylic acids is 4. The molecule has 376 valence electrons. The van der Waals surface area contributed by atoms with Crippen LogP contribution in [-0.2, 0) is 0 Å². The van der Waals surface area contributed by atoms with E-state index >= 15 is 19.2 Å². The summed E-state index contributed by atoms with van der Waals surface area (Å²) in [7, 11) is 0. The van der Waals surface area contributed by atoms with Crippen molar-refractivity contribution < 1.29 is 28.7 Å². The third-order valence-corrected chi connectivity index (χ3v) is 15.6. The first-order chi connectivity index (χ1) is 39.4. The van der Waals surface area contributed by atoms with Crippen molar-refractivity contribution in [2.24, 2.45) is 0 Å². The van der Waals surface area contributed by atoms with Crippen molar-refractivity contribution in [3.8, 4) is 67.5 Å². The number of para-hydroxylation sites is 4. The number of anilines is 2. The standard InChI is InChI=1S/C72H42N2O6/c75-69-55-40-38-54-64-60(80-68-51(45-25-11-3-12-26-45)35-20-36-52(68)46-27-13-4-14-28-46)42-58-62-56(70(76)74(72(58)78)48-31-17-6-18-32-48)39-37-53(66(62)64)63-59(41-57(61(55)65(54)63)71(77)73(69)47-29-15-5-16-30-47)79-67-49(43-21-7-1-8-22-43)33-19-34-50(67)44-23-9-2-10-24-44/h1-42H. The minimum Gasteiger partial charge on any atom is -0.455 e. The summed E-state index contributed by atoms with van der Waals surface area (Å²) in [4.78, 5) is 63.8. The van der Waals surface area contributed by atoms with E-state index in [1.807, 2.05) is 182 Å². The minimum absolute atomic E-state index is 0.263. The number of fused-ring (bicyclic) bond motifs is 2. The quantitative estimate of drug-likeness (QED) is 0.0770. The van der Waals surface area contributed by atoms with Crippen molar-refractivity contribution >= 4 is 78.1 Å².